The summed E-state index contributed by atoms with van der Waals surface area (Å²) in [6, 6.07) is 2.16. The summed E-state index contributed by atoms with van der Waals surface area (Å²) in [5.74, 6) is 0. The van der Waals surface area contributed by atoms with Gasteiger partial charge in [0.15, 0.2) is 0 Å². The summed E-state index contributed by atoms with van der Waals surface area (Å²) < 4.78 is 0. The van der Waals surface area contributed by atoms with E-state index in [-0.39, 0.29) is 6.04 Å². The van der Waals surface area contributed by atoms with Crippen LogP contribution in [0.25, 0.3) is 0 Å². The van der Waals surface area contributed by atoms with E-state index in [1.807, 2.05) is 18.6 Å². The summed E-state index contributed by atoms with van der Waals surface area (Å²) in [5.41, 5.74) is 3.45. The molecule has 0 radical (unpaired) electrons. The van der Waals surface area contributed by atoms with Crippen LogP contribution in [0, 0.1) is 0 Å². The Kier molecular flexibility index (Phi) is 4.98. The van der Waals surface area contributed by atoms with Crippen molar-refractivity contribution in [3.63, 3.8) is 0 Å². The number of hydrogen-bond donors (Lipinski definition) is 1. The van der Waals surface area contributed by atoms with Crippen LogP contribution >= 0.6 is 0 Å². The molecule has 0 fully saturated rings. The number of pyridine rings is 1. The lowest BCUT2D eigenvalue weighted by Gasteiger charge is -2.20. The molecule has 4 heteroatoms. The molecule has 0 aliphatic rings. The first-order valence-corrected chi connectivity index (χ1v) is 6.78. The highest BCUT2D eigenvalue weighted by atomic mass is 14.9. The van der Waals surface area contributed by atoms with Crippen LogP contribution < -0.4 is 5.32 Å². The SMILES string of the molecule is CCCNC(c1cnccn1)c1ccncc1CC. The Morgan fingerprint density at radius 2 is 1.95 bits per heavy atom. The van der Waals surface area contributed by atoms with Crippen LogP contribution in [0.15, 0.2) is 37.1 Å². The van der Waals surface area contributed by atoms with Crippen LogP contribution in [0.2, 0.25) is 0 Å². The molecule has 0 aliphatic heterocycles. The first-order chi connectivity index (χ1) is 9.36. The Bertz CT molecular complexity index is 499. The van der Waals surface area contributed by atoms with Gasteiger partial charge in [-0.2, -0.15) is 0 Å². The molecule has 100 valence electrons. The zero-order valence-electron chi connectivity index (χ0n) is 11.5. The molecule has 1 N–H and O–H groups in total. The Hall–Kier alpha value is -1.81. The molecule has 0 saturated carbocycles. The maximum Gasteiger partial charge on any atom is 0.0801 e. The van der Waals surface area contributed by atoms with Crippen molar-refractivity contribution in [1.82, 2.24) is 20.3 Å². The lowest BCUT2D eigenvalue weighted by Crippen LogP contribution is -2.25. The second kappa shape index (κ2) is 6.95. The Balaban J connectivity index is 2.37. The first-order valence-electron chi connectivity index (χ1n) is 6.78. The van der Waals surface area contributed by atoms with E-state index in [9.17, 15) is 0 Å². The topological polar surface area (TPSA) is 50.7 Å². The van der Waals surface area contributed by atoms with Crippen LogP contribution in [-0.2, 0) is 6.42 Å². The highest BCUT2D eigenvalue weighted by Crippen LogP contribution is 2.23. The molecule has 0 bridgehead atoms. The minimum Gasteiger partial charge on any atom is -0.305 e. The van der Waals surface area contributed by atoms with Crippen molar-refractivity contribution >= 4 is 0 Å². The fourth-order valence-corrected chi connectivity index (χ4v) is 2.14. The molecule has 19 heavy (non-hydrogen) atoms. The summed E-state index contributed by atoms with van der Waals surface area (Å²) in [4.78, 5) is 12.8. The summed E-state index contributed by atoms with van der Waals surface area (Å²) >= 11 is 0. The minimum atomic E-state index is 0.0894. The Morgan fingerprint density at radius 3 is 2.63 bits per heavy atom. The second-order valence-electron chi connectivity index (χ2n) is 4.45. The maximum absolute atomic E-state index is 4.44. The molecular weight excluding hydrogens is 236 g/mol. The van der Waals surface area contributed by atoms with Crippen LogP contribution in [-0.4, -0.2) is 21.5 Å². The van der Waals surface area contributed by atoms with Gasteiger partial charge in [0.2, 0.25) is 0 Å². The summed E-state index contributed by atoms with van der Waals surface area (Å²) in [7, 11) is 0. The van der Waals surface area contributed by atoms with E-state index in [1.54, 1.807) is 12.4 Å². The Labute approximate surface area is 114 Å². The molecule has 0 aromatic carbocycles. The molecule has 0 saturated heterocycles. The number of nitrogens with zero attached hydrogens (tertiary/aromatic N) is 3. The Morgan fingerprint density at radius 1 is 1.11 bits per heavy atom. The first kappa shape index (κ1) is 13.6. The van der Waals surface area contributed by atoms with E-state index >= 15 is 0 Å². The molecule has 0 aliphatic carbocycles. The van der Waals surface area contributed by atoms with Gasteiger partial charge in [0, 0.05) is 24.8 Å². The van der Waals surface area contributed by atoms with Crippen molar-refractivity contribution in [3.05, 3.63) is 53.9 Å². The molecule has 1 atom stereocenters. The average molecular weight is 256 g/mol. The molecule has 4 nitrogen and oxygen atoms in total. The molecule has 2 heterocycles. The van der Waals surface area contributed by atoms with Gasteiger partial charge in [0.1, 0.15) is 0 Å². The normalized spacial score (nSPS) is 12.3. The highest BCUT2D eigenvalue weighted by molar-refractivity contribution is 5.32. The van der Waals surface area contributed by atoms with Crippen molar-refractivity contribution < 1.29 is 0 Å². The number of aromatic nitrogens is 3. The average Bonchev–Trinajstić information content (AvgIpc) is 2.49. The van der Waals surface area contributed by atoms with Gasteiger partial charge in [0.25, 0.3) is 0 Å². The van der Waals surface area contributed by atoms with Gasteiger partial charge >= 0.3 is 0 Å². The van der Waals surface area contributed by atoms with E-state index in [0.717, 1.165) is 25.1 Å². The van der Waals surface area contributed by atoms with Crippen molar-refractivity contribution in [1.29, 1.82) is 0 Å². The lowest BCUT2D eigenvalue weighted by molar-refractivity contribution is 0.580. The van der Waals surface area contributed by atoms with E-state index < -0.39 is 0 Å². The third kappa shape index (κ3) is 3.35. The molecule has 2 aromatic rings. The van der Waals surface area contributed by atoms with Gasteiger partial charge in [-0.25, -0.2) is 0 Å². The standard InChI is InChI=1S/C15H20N4/c1-3-6-19-15(14-11-17-8-9-18-14)13-5-7-16-10-12(13)4-2/h5,7-11,15,19H,3-4,6H2,1-2H3. The molecule has 2 rings (SSSR count). The van der Waals surface area contributed by atoms with Gasteiger partial charge in [-0.15, -0.1) is 0 Å². The molecule has 1 unspecified atom stereocenters. The van der Waals surface area contributed by atoms with Gasteiger partial charge in [-0.05, 0) is 36.6 Å². The van der Waals surface area contributed by atoms with Crippen molar-refractivity contribution in [2.45, 2.75) is 32.7 Å². The van der Waals surface area contributed by atoms with Gasteiger partial charge in [-0.3, -0.25) is 15.0 Å². The minimum absolute atomic E-state index is 0.0894. The quantitative estimate of drug-likeness (QED) is 0.863. The zero-order chi connectivity index (χ0) is 13.5. The molecular formula is C15H20N4. The maximum atomic E-state index is 4.44. The summed E-state index contributed by atoms with van der Waals surface area (Å²) in [6.45, 7) is 5.26. The van der Waals surface area contributed by atoms with Crippen molar-refractivity contribution in [3.8, 4) is 0 Å². The number of aryl methyl sites for hydroxylation is 1. The van der Waals surface area contributed by atoms with E-state index in [4.69, 9.17) is 0 Å². The third-order valence-corrected chi connectivity index (χ3v) is 3.11. The van der Waals surface area contributed by atoms with E-state index in [0.29, 0.717) is 0 Å². The largest absolute Gasteiger partial charge is 0.305 e. The number of hydrogen-bond acceptors (Lipinski definition) is 4. The van der Waals surface area contributed by atoms with Crippen LogP contribution in [0.1, 0.15) is 43.1 Å². The van der Waals surface area contributed by atoms with Gasteiger partial charge < -0.3 is 5.32 Å². The highest BCUT2D eigenvalue weighted by Gasteiger charge is 2.17. The monoisotopic (exact) mass is 256 g/mol. The predicted molar refractivity (Wildman–Crippen MR) is 75.8 cm³/mol. The molecule has 0 spiro atoms. The van der Waals surface area contributed by atoms with E-state index in [2.05, 4.69) is 40.2 Å². The number of nitrogens with one attached hydrogen (secondary N) is 1. The smallest absolute Gasteiger partial charge is 0.0801 e. The predicted octanol–water partition coefficient (Wildman–Crippen LogP) is 2.52. The van der Waals surface area contributed by atoms with Gasteiger partial charge in [-0.1, -0.05) is 13.8 Å². The lowest BCUT2D eigenvalue weighted by atomic mass is 9.98. The van der Waals surface area contributed by atoms with Crippen molar-refractivity contribution in [2.75, 3.05) is 6.54 Å². The second-order valence-corrected chi connectivity index (χ2v) is 4.45. The van der Waals surface area contributed by atoms with Gasteiger partial charge in [0.05, 0.1) is 17.9 Å². The summed E-state index contributed by atoms with van der Waals surface area (Å²) in [6.07, 6.45) is 11.1. The third-order valence-electron chi connectivity index (χ3n) is 3.11. The summed E-state index contributed by atoms with van der Waals surface area (Å²) in [5, 5.41) is 3.55. The fraction of sp³-hybridized carbons (Fsp3) is 0.400. The van der Waals surface area contributed by atoms with E-state index in [1.165, 1.54) is 11.1 Å². The number of rotatable bonds is 6. The fourth-order valence-electron chi connectivity index (χ4n) is 2.14. The van der Waals surface area contributed by atoms with Crippen LogP contribution in [0.4, 0.5) is 0 Å². The molecule has 0 amide bonds. The van der Waals surface area contributed by atoms with Crippen LogP contribution in [0.3, 0.4) is 0 Å². The zero-order valence-corrected chi connectivity index (χ0v) is 11.5. The molecule has 2 aromatic heterocycles. The van der Waals surface area contributed by atoms with Crippen molar-refractivity contribution in [2.24, 2.45) is 0 Å². The van der Waals surface area contributed by atoms with Crippen LogP contribution in [0.5, 0.6) is 0 Å².